The summed E-state index contributed by atoms with van der Waals surface area (Å²) >= 11 is 0. The molecule has 3 heteroatoms. The average molecular weight is 145 g/mol. The van der Waals surface area contributed by atoms with Crippen molar-refractivity contribution in [3.05, 3.63) is 0 Å². The topological polar surface area (TPSA) is 40.5 Å². The van der Waals surface area contributed by atoms with Crippen LogP contribution in [-0.2, 0) is 0 Å². The molecule has 0 fully saturated rings. The van der Waals surface area contributed by atoms with E-state index in [0.29, 0.717) is 5.92 Å². The first kappa shape index (κ1) is 9.27. The maximum atomic E-state index is 10.4. The Labute approximate surface area is 61.6 Å². The first-order valence-electron chi connectivity index (χ1n) is 3.42. The van der Waals surface area contributed by atoms with Crippen LogP contribution in [0.15, 0.2) is 0 Å². The molecule has 0 heterocycles. The van der Waals surface area contributed by atoms with Gasteiger partial charge in [0, 0.05) is 13.1 Å². The fraction of sp³-hybridized carbons (Fsp3) is 0.857. The van der Waals surface area contributed by atoms with Crippen molar-refractivity contribution in [3.63, 3.8) is 0 Å². The highest BCUT2D eigenvalue weighted by Crippen LogP contribution is 2.07. The van der Waals surface area contributed by atoms with Gasteiger partial charge in [-0.1, -0.05) is 13.8 Å². The summed E-state index contributed by atoms with van der Waals surface area (Å²) in [4.78, 5) is 11.7. The number of carbonyl (C=O) groups is 1. The van der Waals surface area contributed by atoms with Crippen LogP contribution in [0.1, 0.15) is 20.8 Å². The SMILES string of the molecule is CC(C)C(C)N(C)C(=O)O. The fourth-order valence-corrected chi connectivity index (χ4v) is 0.621. The van der Waals surface area contributed by atoms with Gasteiger partial charge in [0.25, 0.3) is 0 Å². The second kappa shape index (κ2) is 3.44. The van der Waals surface area contributed by atoms with Crippen molar-refractivity contribution in [2.45, 2.75) is 26.8 Å². The summed E-state index contributed by atoms with van der Waals surface area (Å²) in [6.45, 7) is 5.91. The lowest BCUT2D eigenvalue weighted by Crippen LogP contribution is -2.37. The van der Waals surface area contributed by atoms with Gasteiger partial charge >= 0.3 is 6.09 Å². The smallest absolute Gasteiger partial charge is 0.407 e. The van der Waals surface area contributed by atoms with Crippen LogP contribution in [0.5, 0.6) is 0 Å². The number of carboxylic acid groups (broad SMARTS) is 1. The molecule has 0 aromatic rings. The molecule has 60 valence electrons. The third kappa shape index (κ3) is 2.25. The number of rotatable bonds is 2. The monoisotopic (exact) mass is 145 g/mol. The molecule has 0 aliphatic carbocycles. The molecule has 0 saturated carbocycles. The van der Waals surface area contributed by atoms with Crippen LogP contribution < -0.4 is 0 Å². The van der Waals surface area contributed by atoms with Gasteiger partial charge in [-0.05, 0) is 12.8 Å². The highest BCUT2D eigenvalue weighted by atomic mass is 16.4. The lowest BCUT2D eigenvalue weighted by Gasteiger charge is -2.24. The quantitative estimate of drug-likeness (QED) is 0.641. The first-order valence-corrected chi connectivity index (χ1v) is 3.42. The molecule has 0 spiro atoms. The lowest BCUT2D eigenvalue weighted by atomic mass is 10.1. The molecular weight excluding hydrogens is 130 g/mol. The minimum Gasteiger partial charge on any atom is -0.465 e. The summed E-state index contributed by atoms with van der Waals surface area (Å²) in [5.74, 6) is 0.376. The van der Waals surface area contributed by atoms with E-state index in [1.165, 1.54) is 4.90 Å². The largest absolute Gasteiger partial charge is 0.465 e. The van der Waals surface area contributed by atoms with E-state index in [0.717, 1.165) is 0 Å². The van der Waals surface area contributed by atoms with Crippen molar-refractivity contribution < 1.29 is 9.90 Å². The van der Waals surface area contributed by atoms with Gasteiger partial charge in [-0.25, -0.2) is 4.79 Å². The zero-order valence-corrected chi connectivity index (χ0v) is 6.96. The van der Waals surface area contributed by atoms with Gasteiger partial charge in [0.15, 0.2) is 0 Å². The zero-order chi connectivity index (χ0) is 8.31. The molecule has 0 saturated heterocycles. The molecule has 10 heavy (non-hydrogen) atoms. The molecule has 1 atom stereocenters. The molecule has 1 amide bonds. The molecule has 0 aromatic heterocycles. The number of hydrogen-bond acceptors (Lipinski definition) is 1. The Hall–Kier alpha value is -0.730. The Morgan fingerprint density at radius 3 is 1.90 bits per heavy atom. The highest BCUT2D eigenvalue weighted by Gasteiger charge is 2.16. The molecule has 3 nitrogen and oxygen atoms in total. The van der Waals surface area contributed by atoms with E-state index in [1.54, 1.807) is 7.05 Å². The van der Waals surface area contributed by atoms with Crippen molar-refractivity contribution >= 4 is 6.09 Å². The fourth-order valence-electron chi connectivity index (χ4n) is 0.621. The summed E-state index contributed by atoms with van der Waals surface area (Å²) < 4.78 is 0. The highest BCUT2D eigenvalue weighted by molar-refractivity contribution is 5.64. The van der Waals surface area contributed by atoms with Crippen LogP contribution in [0.3, 0.4) is 0 Å². The lowest BCUT2D eigenvalue weighted by molar-refractivity contribution is 0.130. The molecule has 0 rings (SSSR count). The van der Waals surface area contributed by atoms with Crippen LogP contribution in [0.2, 0.25) is 0 Å². The van der Waals surface area contributed by atoms with Crippen LogP contribution in [0.25, 0.3) is 0 Å². The number of hydrogen-bond donors (Lipinski definition) is 1. The molecular formula is C7H15NO2. The molecule has 0 bridgehead atoms. The predicted molar refractivity (Wildman–Crippen MR) is 40.1 cm³/mol. The molecule has 0 aromatic carbocycles. The van der Waals surface area contributed by atoms with Crippen LogP contribution >= 0.6 is 0 Å². The van der Waals surface area contributed by atoms with Crippen molar-refractivity contribution in [1.82, 2.24) is 4.90 Å². The summed E-state index contributed by atoms with van der Waals surface area (Å²) in [6, 6.07) is 0.0949. The Morgan fingerprint density at radius 2 is 1.80 bits per heavy atom. The average Bonchev–Trinajstić information content (AvgIpc) is 1.84. The Kier molecular flexibility index (Phi) is 3.19. The first-order chi connectivity index (χ1) is 4.46. The third-order valence-corrected chi connectivity index (χ3v) is 1.88. The van der Waals surface area contributed by atoms with Gasteiger partial charge in [-0.2, -0.15) is 0 Å². The maximum Gasteiger partial charge on any atom is 0.407 e. The van der Waals surface area contributed by atoms with Gasteiger partial charge in [0.2, 0.25) is 0 Å². The molecule has 0 aliphatic heterocycles. The van der Waals surface area contributed by atoms with Crippen molar-refractivity contribution in [1.29, 1.82) is 0 Å². The molecule has 1 unspecified atom stereocenters. The van der Waals surface area contributed by atoms with Gasteiger partial charge in [0.1, 0.15) is 0 Å². The van der Waals surface area contributed by atoms with E-state index in [1.807, 2.05) is 20.8 Å². The van der Waals surface area contributed by atoms with Gasteiger partial charge in [0.05, 0.1) is 0 Å². The standard InChI is InChI=1S/C7H15NO2/c1-5(2)6(3)8(4)7(9)10/h5-6H,1-4H3,(H,9,10). The van der Waals surface area contributed by atoms with E-state index in [9.17, 15) is 4.79 Å². The normalized spacial score (nSPS) is 13.3. The zero-order valence-electron chi connectivity index (χ0n) is 6.96. The maximum absolute atomic E-state index is 10.4. The van der Waals surface area contributed by atoms with Crippen molar-refractivity contribution in [3.8, 4) is 0 Å². The van der Waals surface area contributed by atoms with Gasteiger partial charge in [-0.3, -0.25) is 0 Å². The summed E-state index contributed by atoms with van der Waals surface area (Å²) in [5.41, 5.74) is 0. The van der Waals surface area contributed by atoms with E-state index in [4.69, 9.17) is 5.11 Å². The van der Waals surface area contributed by atoms with Crippen LogP contribution in [0, 0.1) is 5.92 Å². The molecule has 0 radical (unpaired) electrons. The Balaban J connectivity index is 3.94. The van der Waals surface area contributed by atoms with Crippen LogP contribution in [0.4, 0.5) is 4.79 Å². The second-order valence-electron chi connectivity index (χ2n) is 2.88. The van der Waals surface area contributed by atoms with Gasteiger partial charge < -0.3 is 10.0 Å². The summed E-state index contributed by atoms with van der Waals surface area (Å²) in [5, 5.41) is 8.53. The third-order valence-electron chi connectivity index (χ3n) is 1.88. The number of nitrogens with zero attached hydrogens (tertiary/aromatic N) is 1. The minimum atomic E-state index is -0.860. The van der Waals surface area contributed by atoms with E-state index < -0.39 is 6.09 Å². The molecule has 1 N–H and O–H groups in total. The second-order valence-corrected chi connectivity index (χ2v) is 2.88. The van der Waals surface area contributed by atoms with Gasteiger partial charge in [-0.15, -0.1) is 0 Å². The summed E-state index contributed by atoms with van der Waals surface area (Å²) in [6.07, 6.45) is -0.860. The number of amides is 1. The molecule has 0 aliphatic rings. The Bertz CT molecular complexity index is 123. The van der Waals surface area contributed by atoms with Crippen molar-refractivity contribution in [2.75, 3.05) is 7.05 Å². The Morgan fingerprint density at radius 1 is 1.40 bits per heavy atom. The van der Waals surface area contributed by atoms with Crippen LogP contribution in [-0.4, -0.2) is 29.2 Å². The summed E-state index contributed by atoms with van der Waals surface area (Å²) in [7, 11) is 1.59. The van der Waals surface area contributed by atoms with E-state index in [2.05, 4.69) is 0 Å². The minimum absolute atomic E-state index is 0.0949. The predicted octanol–water partition coefficient (Wildman–Crippen LogP) is 1.64. The van der Waals surface area contributed by atoms with E-state index >= 15 is 0 Å². The van der Waals surface area contributed by atoms with E-state index in [-0.39, 0.29) is 6.04 Å². The van der Waals surface area contributed by atoms with Crippen molar-refractivity contribution in [2.24, 2.45) is 5.92 Å².